The molecule has 3 N–H and O–H groups in total. The third-order valence-corrected chi connectivity index (χ3v) is 8.16. The van der Waals surface area contributed by atoms with E-state index in [9.17, 15) is 14.7 Å². The zero-order valence-corrected chi connectivity index (χ0v) is 27.1. The molecule has 0 unspecified atom stereocenters. The van der Waals surface area contributed by atoms with E-state index in [0.717, 1.165) is 69.8 Å². The molecule has 1 saturated heterocycles. The third kappa shape index (κ3) is 8.61. The summed E-state index contributed by atoms with van der Waals surface area (Å²) in [6.45, 7) is 12.7. The summed E-state index contributed by atoms with van der Waals surface area (Å²) in [6.07, 6.45) is 7.35. The van der Waals surface area contributed by atoms with Crippen molar-refractivity contribution in [1.82, 2.24) is 29.2 Å². The lowest BCUT2D eigenvalue weighted by Gasteiger charge is -2.36. The summed E-state index contributed by atoms with van der Waals surface area (Å²) < 4.78 is 8.24. The number of carboxylic acid groups (broad SMARTS) is 1. The van der Waals surface area contributed by atoms with Crippen LogP contribution in [-0.4, -0.2) is 91.3 Å². The van der Waals surface area contributed by atoms with Gasteiger partial charge in [0.15, 0.2) is 11.5 Å². The Balaban J connectivity index is 1.20. The lowest BCUT2D eigenvalue weighted by Crippen LogP contribution is -2.46. The molecule has 0 spiro atoms. The first-order valence-electron chi connectivity index (χ1n) is 16.1. The summed E-state index contributed by atoms with van der Waals surface area (Å²) in [5.41, 5.74) is 1.42. The Labute approximate surface area is 274 Å². The van der Waals surface area contributed by atoms with Crippen LogP contribution in [0.4, 0.5) is 17.3 Å². The number of carboxylic acids is 1. The molecule has 0 radical (unpaired) electrons. The number of benzene rings is 1. The lowest BCUT2D eigenvalue weighted by molar-refractivity contribution is -0.142. The van der Waals surface area contributed by atoms with E-state index in [0.29, 0.717) is 35.1 Å². The minimum absolute atomic E-state index is 0.218. The number of pyridine rings is 1. The highest BCUT2D eigenvalue weighted by atomic mass is 16.5. The van der Waals surface area contributed by atoms with E-state index in [1.165, 1.54) is 10.9 Å². The number of hydrogen-bond donors (Lipinski definition) is 3. The maximum atomic E-state index is 13.3. The highest BCUT2D eigenvalue weighted by molar-refractivity contribution is 5.77. The standard InChI is InChI=1S/C34H44N8O5/c1-4-16-41-32(45)27-23-35-33(38-31(27)42(41)29-11-9-10-28(37-29)34(2,3)46)36-25-12-14-26(15-13-25)40-20-18-39(19-21-40)17-7-5-6-8-22-47-24-30(43)44/h4,9-15,23,46H,1,5-8,16-22,24H2,2-3H3,(H,43,44)(H,35,36,38). The number of aliphatic carboxylic acids is 1. The van der Waals surface area contributed by atoms with Crippen LogP contribution in [0.2, 0.25) is 0 Å². The van der Waals surface area contributed by atoms with Crippen molar-refractivity contribution in [3.63, 3.8) is 0 Å². The first kappa shape index (κ1) is 33.8. The number of unbranched alkanes of at least 4 members (excludes halogenated alkanes) is 3. The van der Waals surface area contributed by atoms with Gasteiger partial charge in [-0.3, -0.25) is 9.69 Å². The summed E-state index contributed by atoms with van der Waals surface area (Å²) in [4.78, 5) is 42.4. The van der Waals surface area contributed by atoms with E-state index < -0.39 is 11.6 Å². The summed E-state index contributed by atoms with van der Waals surface area (Å²) in [6, 6.07) is 13.5. The van der Waals surface area contributed by atoms with Gasteiger partial charge in [-0.15, -0.1) is 6.58 Å². The first-order valence-corrected chi connectivity index (χ1v) is 16.1. The Morgan fingerprint density at radius 3 is 2.49 bits per heavy atom. The minimum atomic E-state index is -1.16. The van der Waals surface area contributed by atoms with Gasteiger partial charge in [-0.1, -0.05) is 25.0 Å². The summed E-state index contributed by atoms with van der Waals surface area (Å²) in [5.74, 6) is -0.127. The fourth-order valence-electron chi connectivity index (χ4n) is 5.66. The van der Waals surface area contributed by atoms with Crippen molar-refractivity contribution in [2.45, 2.75) is 51.7 Å². The van der Waals surface area contributed by atoms with Crippen LogP contribution in [0.25, 0.3) is 16.9 Å². The monoisotopic (exact) mass is 644 g/mol. The van der Waals surface area contributed by atoms with Crippen LogP contribution >= 0.6 is 0 Å². The topological polar surface area (TPSA) is 151 Å². The average molecular weight is 645 g/mol. The molecule has 13 nitrogen and oxygen atoms in total. The Morgan fingerprint density at radius 2 is 1.79 bits per heavy atom. The molecule has 4 aromatic rings. The second-order valence-electron chi connectivity index (χ2n) is 12.2. The van der Waals surface area contributed by atoms with Gasteiger partial charge in [-0.25, -0.2) is 24.1 Å². The predicted octanol–water partition coefficient (Wildman–Crippen LogP) is 3.92. The van der Waals surface area contributed by atoms with Gasteiger partial charge in [0, 0.05) is 50.4 Å². The molecule has 0 saturated carbocycles. The Hall–Kier alpha value is -4.59. The highest BCUT2D eigenvalue weighted by Crippen LogP contribution is 2.24. The highest BCUT2D eigenvalue weighted by Gasteiger charge is 2.22. The van der Waals surface area contributed by atoms with Gasteiger partial charge in [0.05, 0.1) is 12.2 Å². The number of allylic oxidation sites excluding steroid dienone is 1. The number of carbonyl (C=O) groups is 1. The van der Waals surface area contributed by atoms with Gasteiger partial charge in [0.1, 0.15) is 17.6 Å². The van der Waals surface area contributed by atoms with E-state index in [-0.39, 0.29) is 18.7 Å². The Bertz CT molecular complexity index is 1720. The molecule has 3 aromatic heterocycles. The zero-order valence-electron chi connectivity index (χ0n) is 27.1. The molecular formula is C34H44N8O5. The van der Waals surface area contributed by atoms with E-state index in [2.05, 4.69) is 43.8 Å². The van der Waals surface area contributed by atoms with Gasteiger partial charge < -0.3 is 25.2 Å². The number of ether oxygens (including phenoxy) is 1. The fourth-order valence-corrected chi connectivity index (χ4v) is 5.66. The number of rotatable bonds is 16. The second kappa shape index (κ2) is 15.3. The van der Waals surface area contributed by atoms with Crippen molar-refractivity contribution in [3.8, 4) is 5.82 Å². The molecular weight excluding hydrogens is 600 g/mol. The van der Waals surface area contributed by atoms with E-state index in [4.69, 9.17) is 14.8 Å². The van der Waals surface area contributed by atoms with Crippen LogP contribution in [0.15, 0.2) is 66.1 Å². The number of nitrogens with zero attached hydrogens (tertiary/aromatic N) is 7. The Kier molecular flexibility index (Phi) is 11.0. The fraction of sp³-hybridized carbons (Fsp3) is 0.441. The SMILES string of the molecule is C=CCn1c(=O)c2cnc(Nc3ccc(N4CCN(CCCCCCOCC(=O)O)CC4)cc3)nc2n1-c1cccc(C(C)(C)O)n1. The van der Waals surface area contributed by atoms with Crippen LogP contribution in [0.5, 0.6) is 0 Å². The van der Waals surface area contributed by atoms with Crippen LogP contribution in [0.3, 0.4) is 0 Å². The largest absolute Gasteiger partial charge is 0.480 e. The molecule has 0 atom stereocenters. The molecule has 0 aliphatic carbocycles. The quantitative estimate of drug-likeness (QED) is 0.120. The number of anilines is 3. The maximum Gasteiger partial charge on any atom is 0.329 e. The number of fused-ring (bicyclic) bond motifs is 1. The normalized spacial score (nSPS) is 14.1. The lowest BCUT2D eigenvalue weighted by atomic mass is 10.1. The third-order valence-electron chi connectivity index (χ3n) is 8.16. The van der Waals surface area contributed by atoms with Crippen molar-refractivity contribution in [2.24, 2.45) is 0 Å². The van der Waals surface area contributed by atoms with Crippen molar-refractivity contribution in [3.05, 3.63) is 77.4 Å². The summed E-state index contributed by atoms with van der Waals surface area (Å²) in [7, 11) is 0. The van der Waals surface area contributed by atoms with Gasteiger partial charge in [0.2, 0.25) is 5.95 Å². The minimum Gasteiger partial charge on any atom is -0.480 e. The average Bonchev–Trinajstić information content (AvgIpc) is 3.33. The molecule has 1 aliphatic heterocycles. The molecule has 4 heterocycles. The van der Waals surface area contributed by atoms with Gasteiger partial charge in [0.25, 0.3) is 5.56 Å². The van der Waals surface area contributed by atoms with Gasteiger partial charge in [-0.2, -0.15) is 4.98 Å². The van der Waals surface area contributed by atoms with Crippen molar-refractivity contribution in [1.29, 1.82) is 0 Å². The van der Waals surface area contributed by atoms with Gasteiger partial charge >= 0.3 is 5.97 Å². The van der Waals surface area contributed by atoms with Crippen LogP contribution < -0.4 is 15.8 Å². The smallest absolute Gasteiger partial charge is 0.329 e. The first-order chi connectivity index (χ1) is 22.6. The Morgan fingerprint density at radius 1 is 1.04 bits per heavy atom. The molecule has 250 valence electrons. The van der Waals surface area contributed by atoms with Crippen LogP contribution in [0, 0.1) is 0 Å². The number of nitrogens with one attached hydrogen (secondary N) is 1. The second-order valence-corrected chi connectivity index (χ2v) is 12.2. The van der Waals surface area contributed by atoms with E-state index in [1.807, 2.05) is 12.1 Å². The summed E-state index contributed by atoms with van der Waals surface area (Å²) >= 11 is 0. The van der Waals surface area contributed by atoms with Gasteiger partial charge in [-0.05, 0) is 69.6 Å². The molecule has 1 aliphatic rings. The maximum absolute atomic E-state index is 13.3. The number of hydrogen-bond acceptors (Lipinski definition) is 10. The predicted molar refractivity (Wildman–Crippen MR) is 182 cm³/mol. The number of aliphatic hydroxyl groups is 1. The number of piperazine rings is 1. The van der Waals surface area contributed by atoms with Crippen molar-refractivity contribution in [2.75, 3.05) is 56.2 Å². The molecule has 5 rings (SSSR count). The van der Waals surface area contributed by atoms with Crippen molar-refractivity contribution < 1.29 is 19.7 Å². The number of aromatic nitrogens is 5. The summed E-state index contributed by atoms with van der Waals surface area (Å²) in [5, 5.41) is 22.8. The van der Waals surface area contributed by atoms with Crippen LogP contribution in [-0.2, 0) is 21.7 Å². The molecule has 47 heavy (non-hydrogen) atoms. The van der Waals surface area contributed by atoms with Crippen LogP contribution in [0.1, 0.15) is 45.2 Å². The molecule has 0 amide bonds. The molecule has 13 heteroatoms. The molecule has 1 fully saturated rings. The van der Waals surface area contributed by atoms with Crippen molar-refractivity contribution >= 4 is 34.3 Å². The molecule has 0 bridgehead atoms. The zero-order chi connectivity index (χ0) is 33.4. The van der Waals surface area contributed by atoms with E-state index >= 15 is 0 Å². The molecule has 1 aromatic carbocycles. The van der Waals surface area contributed by atoms with E-state index in [1.54, 1.807) is 42.8 Å².